The highest BCUT2D eigenvalue weighted by molar-refractivity contribution is 9.10. The number of nitrogens with one attached hydrogen (secondary N) is 1. The van der Waals surface area contributed by atoms with E-state index in [1.807, 2.05) is 0 Å². The molecule has 1 aromatic carbocycles. The first-order chi connectivity index (χ1) is 11.6. The molecule has 1 N–H and O–H groups in total. The second kappa shape index (κ2) is 4.79. The smallest absolute Gasteiger partial charge is 0.270 e. The van der Waals surface area contributed by atoms with Crippen molar-refractivity contribution in [1.82, 2.24) is 10.4 Å². The summed E-state index contributed by atoms with van der Waals surface area (Å²) in [6.07, 6.45) is 5.36. The van der Waals surface area contributed by atoms with E-state index >= 15 is 0 Å². The van der Waals surface area contributed by atoms with E-state index < -0.39 is 5.91 Å². The lowest BCUT2D eigenvalue weighted by Crippen LogP contribution is -2.46. The summed E-state index contributed by atoms with van der Waals surface area (Å²) in [5, 5.41) is 0.970. The second-order valence-electron chi connectivity index (χ2n) is 7.11. The van der Waals surface area contributed by atoms with Crippen molar-refractivity contribution in [3.05, 3.63) is 46.5 Å². The van der Waals surface area contributed by atoms with Crippen LogP contribution in [0.15, 0.2) is 40.9 Å². The summed E-state index contributed by atoms with van der Waals surface area (Å²) < 4.78 is 0.861. The van der Waals surface area contributed by atoms with Crippen LogP contribution < -0.4 is 5.43 Å². The lowest BCUT2D eigenvalue weighted by Gasteiger charge is -2.37. The fraction of sp³-hybridized carbons (Fsp3) is 0.389. The van der Waals surface area contributed by atoms with E-state index in [-0.39, 0.29) is 35.5 Å². The van der Waals surface area contributed by atoms with Gasteiger partial charge in [-0.25, -0.2) is 0 Å². The Morgan fingerprint density at radius 1 is 1.00 bits per heavy atom. The molecule has 2 saturated carbocycles. The molecular formula is C18H15BrN2O3. The van der Waals surface area contributed by atoms with Gasteiger partial charge in [0.05, 0.1) is 11.8 Å². The highest BCUT2D eigenvalue weighted by atomic mass is 79.9. The van der Waals surface area contributed by atoms with Crippen molar-refractivity contribution in [2.45, 2.75) is 6.42 Å². The average molecular weight is 387 g/mol. The number of carbonyl (C=O) groups is 3. The molecule has 1 saturated heterocycles. The molecule has 6 heteroatoms. The molecule has 5 nitrogen and oxygen atoms in total. The van der Waals surface area contributed by atoms with Gasteiger partial charge in [0.25, 0.3) is 17.7 Å². The molecule has 1 aliphatic heterocycles. The third-order valence-electron chi connectivity index (χ3n) is 5.98. The molecule has 0 spiro atoms. The van der Waals surface area contributed by atoms with Crippen LogP contribution in [0.1, 0.15) is 16.8 Å². The minimum Gasteiger partial charge on any atom is -0.272 e. The Labute approximate surface area is 147 Å². The summed E-state index contributed by atoms with van der Waals surface area (Å²) >= 11 is 3.32. The van der Waals surface area contributed by atoms with Gasteiger partial charge in [-0.05, 0) is 54.4 Å². The third-order valence-corrected chi connectivity index (χ3v) is 6.51. The lowest BCUT2D eigenvalue weighted by atomic mass is 9.63. The Balaban J connectivity index is 1.40. The van der Waals surface area contributed by atoms with Crippen LogP contribution >= 0.6 is 15.9 Å². The van der Waals surface area contributed by atoms with Crippen molar-refractivity contribution in [2.24, 2.45) is 35.5 Å². The van der Waals surface area contributed by atoms with Gasteiger partial charge in [-0.1, -0.05) is 28.1 Å². The molecule has 0 radical (unpaired) electrons. The molecule has 4 aliphatic carbocycles. The normalized spacial score (nSPS) is 38.1. The van der Waals surface area contributed by atoms with E-state index in [1.54, 1.807) is 24.3 Å². The van der Waals surface area contributed by atoms with E-state index in [0.717, 1.165) is 15.9 Å². The quantitative estimate of drug-likeness (QED) is 0.625. The minimum absolute atomic E-state index is 0.163. The maximum atomic E-state index is 12.8. The summed E-state index contributed by atoms with van der Waals surface area (Å²) in [4.78, 5) is 37.9. The van der Waals surface area contributed by atoms with Crippen molar-refractivity contribution < 1.29 is 14.4 Å². The zero-order valence-electron chi connectivity index (χ0n) is 12.7. The van der Waals surface area contributed by atoms with Crippen LogP contribution in [-0.2, 0) is 9.59 Å². The number of benzene rings is 1. The van der Waals surface area contributed by atoms with E-state index in [1.165, 1.54) is 0 Å². The molecule has 122 valence electrons. The first-order valence-corrected chi connectivity index (χ1v) is 8.98. The maximum absolute atomic E-state index is 12.8. The van der Waals surface area contributed by atoms with Gasteiger partial charge in [0.15, 0.2) is 0 Å². The van der Waals surface area contributed by atoms with Crippen molar-refractivity contribution in [1.29, 1.82) is 0 Å². The first-order valence-electron chi connectivity index (χ1n) is 8.19. The van der Waals surface area contributed by atoms with Crippen LogP contribution in [0.25, 0.3) is 0 Å². The number of rotatable bonds is 2. The molecule has 2 bridgehead atoms. The van der Waals surface area contributed by atoms with Crippen molar-refractivity contribution in [3.8, 4) is 0 Å². The summed E-state index contributed by atoms with van der Waals surface area (Å²) in [6.45, 7) is 0. The van der Waals surface area contributed by atoms with Gasteiger partial charge in [0.2, 0.25) is 0 Å². The molecule has 1 heterocycles. The minimum atomic E-state index is -0.437. The standard InChI is InChI=1S/C18H15BrN2O3/c19-9-3-1-8(2-4-9)16(22)20-21-17(23)14-10-5-6-11(13-7-12(10)13)15(14)18(21)24/h1-6,10-15H,7H2,(H,20,22)/t10-,11-,12-,13+,14+,15-/m1/s1. The summed E-state index contributed by atoms with van der Waals surface area (Å²) in [5.41, 5.74) is 2.94. The fourth-order valence-electron chi connectivity index (χ4n) is 4.83. The van der Waals surface area contributed by atoms with E-state index in [0.29, 0.717) is 17.4 Å². The number of carbonyl (C=O) groups excluding carboxylic acids is 3. The van der Waals surface area contributed by atoms with Crippen molar-refractivity contribution in [2.75, 3.05) is 0 Å². The van der Waals surface area contributed by atoms with Gasteiger partial charge >= 0.3 is 0 Å². The molecule has 3 amide bonds. The fourth-order valence-corrected chi connectivity index (χ4v) is 5.10. The number of halogens is 1. The molecule has 6 atom stereocenters. The zero-order valence-corrected chi connectivity index (χ0v) is 14.3. The summed E-state index contributed by atoms with van der Waals surface area (Å²) in [6, 6.07) is 6.80. The van der Waals surface area contributed by atoms with E-state index in [9.17, 15) is 14.4 Å². The molecule has 5 aliphatic rings. The van der Waals surface area contributed by atoms with Crippen LogP contribution in [0.3, 0.4) is 0 Å². The predicted molar refractivity (Wildman–Crippen MR) is 88.2 cm³/mol. The molecule has 24 heavy (non-hydrogen) atoms. The predicted octanol–water partition coefficient (Wildman–Crippen LogP) is 2.15. The topological polar surface area (TPSA) is 66.5 Å². The molecule has 1 aromatic rings. The van der Waals surface area contributed by atoms with Crippen molar-refractivity contribution in [3.63, 3.8) is 0 Å². The third kappa shape index (κ3) is 1.83. The van der Waals surface area contributed by atoms with Gasteiger partial charge in [0, 0.05) is 10.0 Å². The molecule has 0 aromatic heterocycles. The monoisotopic (exact) mass is 386 g/mol. The Kier molecular flexibility index (Phi) is 2.87. The highest BCUT2D eigenvalue weighted by Gasteiger charge is 2.67. The number of hydrogen-bond acceptors (Lipinski definition) is 3. The van der Waals surface area contributed by atoms with Gasteiger partial charge in [0.1, 0.15) is 0 Å². The zero-order chi connectivity index (χ0) is 16.6. The number of amides is 3. The van der Waals surface area contributed by atoms with Crippen LogP contribution in [0, 0.1) is 35.5 Å². The average Bonchev–Trinajstić information content (AvgIpc) is 3.36. The number of allylic oxidation sites excluding steroid dienone is 2. The van der Waals surface area contributed by atoms with Gasteiger partial charge < -0.3 is 0 Å². The Hall–Kier alpha value is -1.95. The van der Waals surface area contributed by atoms with Gasteiger partial charge in [-0.2, -0.15) is 5.01 Å². The van der Waals surface area contributed by atoms with E-state index in [4.69, 9.17) is 0 Å². The van der Waals surface area contributed by atoms with Crippen molar-refractivity contribution >= 4 is 33.7 Å². The summed E-state index contributed by atoms with van der Waals surface area (Å²) in [5.74, 6) is -0.0797. The number of hydrogen-bond donors (Lipinski definition) is 1. The Morgan fingerprint density at radius 3 is 2.08 bits per heavy atom. The van der Waals surface area contributed by atoms with Gasteiger partial charge in [-0.15, -0.1) is 0 Å². The molecule has 3 fully saturated rings. The van der Waals surface area contributed by atoms with Crippen LogP contribution in [0.4, 0.5) is 0 Å². The lowest BCUT2D eigenvalue weighted by molar-refractivity contribution is -0.143. The molecule has 0 unspecified atom stereocenters. The molecular weight excluding hydrogens is 372 g/mol. The Bertz CT molecular complexity index is 767. The maximum Gasteiger partial charge on any atom is 0.270 e. The second-order valence-corrected chi connectivity index (χ2v) is 8.03. The first kappa shape index (κ1) is 14.4. The largest absolute Gasteiger partial charge is 0.272 e. The highest BCUT2D eigenvalue weighted by Crippen LogP contribution is 2.65. The molecule has 6 rings (SSSR count). The van der Waals surface area contributed by atoms with Crippen LogP contribution in [-0.4, -0.2) is 22.7 Å². The number of hydrazine groups is 1. The van der Waals surface area contributed by atoms with E-state index in [2.05, 4.69) is 33.5 Å². The number of imide groups is 1. The van der Waals surface area contributed by atoms with Crippen LogP contribution in [0.5, 0.6) is 0 Å². The summed E-state index contributed by atoms with van der Waals surface area (Å²) in [7, 11) is 0. The Morgan fingerprint density at radius 2 is 1.54 bits per heavy atom. The number of nitrogens with zero attached hydrogens (tertiary/aromatic N) is 1. The van der Waals surface area contributed by atoms with Gasteiger partial charge in [-0.3, -0.25) is 19.8 Å². The van der Waals surface area contributed by atoms with Crippen LogP contribution in [0.2, 0.25) is 0 Å². The SMILES string of the molecule is O=C(NN1C(=O)[C@@H]2[C@@H]3C=C[C@H]([C@H]4C[C@@H]34)[C@@H]2C1=O)c1ccc(Br)cc1.